The van der Waals surface area contributed by atoms with Crippen LogP contribution in [0.4, 0.5) is 10.5 Å². The molecular formula is C8H8BrClN4O. The van der Waals surface area contributed by atoms with Gasteiger partial charge in [-0.3, -0.25) is 10.7 Å². The molecule has 15 heavy (non-hydrogen) atoms. The number of primary amides is 1. The number of guanidine groups is 1. The van der Waals surface area contributed by atoms with Gasteiger partial charge in [-0.15, -0.1) is 0 Å². The van der Waals surface area contributed by atoms with Crippen LogP contribution < -0.4 is 16.4 Å². The SMILES string of the molecule is N=C(NC(N)=O)Nc1ccc(Br)c(Cl)c1. The molecule has 0 saturated carbocycles. The van der Waals surface area contributed by atoms with Crippen LogP contribution in [0.25, 0.3) is 0 Å². The molecule has 0 aliphatic heterocycles. The van der Waals surface area contributed by atoms with Crippen LogP contribution in [-0.4, -0.2) is 12.0 Å². The van der Waals surface area contributed by atoms with Gasteiger partial charge < -0.3 is 11.1 Å². The molecule has 5 N–H and O–H groups in total. The Morgan fingerprint density at radius 2 is 2.20 bits per heavy atom. The van der Waals surface area contributed by atoms with E-state index in [0.717, 1.165) is 4.47 Å². The Labute approximate surface area is 99.6 Å². The molecule has 5 nitrogen and oxygen atoms in total. The van der Waals surface area contributed by atoms with Crippen LogP contribution in [0.3, 0.4) is 0 Å². The molecule has 80 valence electrons. The number of rotatable bonds is 1. The standard InChI is InChI=1S/C8H8BrClN4O/c9-5-2-1-4(3-6(5)10)13-7(11)14-8(12)15/h1-3H,(H5,11,12,13,14,15). The Kier molecular flexibility index (Phi) is 3.93. The third-order valence-electron chi connectivity index (χ3n) is 1.44. The van der Waals surface area contributed by atoms with Crippen molar-refractivity contribution in [2.45, 2.75) is 0 Å². The normalized spacial score (nSPS) is 9.47. The van der Waals surface area contributed by atoms with E-state index in [4.69, 9.17) is 22.7 Å². The minimum Gasteiger partial charge on any atom is -0.351 e. The van der Waals surface area contributed by atoms with E-state index in [1.165, 1.54) is 0 Å². The smallest absolute Gasteiger partial charge is 0.318 e. The van der Waals surface area contributed by atoms with Crippen molar-refractivity contribution in [3.63, 3.8) is 0 Å². The number of nitrogens with two attached hydrogens (primary N) is 1. The summed E-state index contributed by atoms with van der Waals surface area (Å²) in [5.74, 6) is -0.208. The Morgan fingerprint density at radius 3 is 2.73 bits per heavy atom. The maximum Gasteiger partial charge on any atom is 0.318 e. The molecule has 0 aliphatic carbocycles. The van der Waals surface area contributed by atoms with Gasteiger partial charge in [-0.05, 0) is 34.1 Å². The number of hydrogen-bond donors (Lipinski definition) is 4. The molecule has 0 atom stereocenters. The van der Waals surface area contributed by atoms with Crippen molar-refractivity contribution < 1.29 is 4.79 Å². The van der Waals surface area contributed by atoms with Crippen molar-refractivity contribution in [1.29, 1.82) is 5.41 Å². The summed E-state index contributed by atoms with van der Waals surface area (Å²) < 4.78 is 0.754. The first kappa shape index (κ1) is 11.8. The molecular weight excluding hydrogens is 283 g/mol. The van der Waals surface area contributed by atoms with Crippen molar-refractivity contribution in [3.8, 4) is 0 Å². The second kappa shape index (κ2) is 4.99. The molecule has 0 saturated heterocycles. The number of hydrogen-bond acceptors (Lipinski definition) is 2. The van der Waals surface area contributed by atoms with Gasteiger partial charge in [0.2, 0.25) is 5.96 Å². The van der Waals surface area contributed by atoms with Crippen LogP contribution in [0.5, 0.6) is 0 Å². The lowest BCUT2D eigenvalue weighted by atomic mass is 10.3. The van der Waals surface area contributed by atoms with Gasteiger partial charge in [0.1, 0.15) is 0 Å². The molecule has 0 aromatic heterocycles. The summed E-state index contributed by atoms with van der Waals surface area (Å²) in [7, 11) is 0. The topological polar surface area (TPSA) is 91.0 Å². The van der Waals surface area contributed by atoms with Gasteiger partial charge in [0.25, 0.3) is 0 Å². The van der Waals surface area contributed by atoms with Crippen molar-refractivity contribution in [1.82, 2.24) is 5.32 Å². The fourth-order valence-electron chi connectivity index (χ4n) is 0.873. The highest BCUT2D eigenvalue weighted by Crippen LogP contribution is 2.25. The van der Waals surface area contributed by atoms with Gasteiger partial charge in [-0.2, -0.15) is 0 Å². The van der Waals surface area contributed by atoms with Crippen LogP contribution in [-0.2, 0) is 0 Å². The van der Waals surface area contributed by atoms with Gasteiger partial charge in [0, 0.05) is 10.2 Å². The van der Waals surface area contributed by atoms with Crippen molar-refractivity contribution in [2.75, 3.05) is 5.32 Å². The third-order valence-corrected chi connectivity index (χ3v) is 2.67. The van der Waals surface area contributed by atoms with Crippen molar-refractivity contribution in [3.05, 3.63) is 27.7 Å². The summed E-state index contributed by atoms with van der Waals surface area (Å²) in [6.07, 6.45) is 0. The summed E-state index contributed by atoms with van der Waals surface area (Å²) in [6.45, 7) is 0. The fraction of sp³-hybridized carbons (Fsp3) is 0. The van der Waals surface area contributed by atoms with Crippen LogP contribution in [0.15, 0.2) is 22.7 Å². The zero-order valence-electron chi connectivity index (χ0n) is 7.47. The van der Waals surface area contributed by atoms with Crippen LogP contribution in [0.2, 0.25) is 5.02 Å². The number of carbonyl (C=O) groups is 1. The highest BCUT2D eigenvalue weighted by atomic mass is 79.9. The van der Waals surface area contributed by atoms with Crippen LogP contribution in [0, 0.1) is 5.41 Å². The average molecular weight is 292 g/mol. The second-order valence-corrected chi connectivity index (χ2v) is 3.88. The molecule has 0 fully saturated rings. The lowest BCUT2D eigenvalue weighted by molar-refractivity contribution is 0.253. The summed E-state index contributed by atoms with van der Waals surface area (Å²) in [5.41, 5.74) is 5.42. The van der Waals surface area contributed by atoms with Gasteiger partial charge in [-0.1, -0.05) is 11.6 Å². The minimum absolute atomic E-state index is 0.208. The predicted octanol–water partition coefficient (Wildman–Crippen LogP) is 2.12. The lowest BCUT2D eigenvalue weighted by Crippen LogP contribution is -2.38. The van der Waals surface area contributed by atoms with E-state index in [-0.39, 0.29) is 5.96 Å². The maximum atomic E-state index is 10.4. The molecule has 0 radical (unpaired) electrons. The molecule has 7 heteroatoms. The molecule has 0 bridgehead atoms. The number of anilines is 1. The molecule has 1 rings (SSSR count). The first-order valence-electron chi connectivity index (χ1n) is 3.86. The van der Waals surface area contributed by atoms with Gasteiger partial charge in [0.05, 0.1) is 5.02 Å². The number of nitrogens with one attached hydrogen (secondary N) is 3. The number of urea groups is 1. The van der Waals surface area contributed by atoms with E-state index in [9.17, 15) is 4.79 Å². The monoisotopic (exact) mass is 290 g/mol. The molecule has 0 heterocycles. The number of benzene rings is 1. The largest absolute Gasteiger partial charge is 0.351 e. The molecule has 0 spiro atoms. The predicted molar refractivity (Wildman–Crippen MR) is 63.2 cm³/mol. The Hall–Kier alpha value is -1.27. The number of carbonyl (C=O) groups excluding carboxylic acids is 1. The third kappa shape index (κ3) is 3.77. The Morgan fingerprint density at radius 1 is 1.53 bits per heavy atom. The minimum atomic E-state index is -0.796. The molecule has 1 aromatic rings. The summed E-state index contributed by atoms with van der Waals surface area (Å²) >= 11 is 9.07. The quantitative estimate of drug-likeness (QED) is 0.471. The highest BCUT2D eigenvalue weighted by Gasteiger charge is 2.02. The van der Waals surface area contributed by atoms with Crippen LogP contribution >= 0.6 is 27.5 Å². The Balaban J connectivity index is 2.69. The lowest BCUT2D eigenvalue weighted by Gasteiger charge is -2.08. The number of halogens is 2. The fourth-order valence-corrected chi connectivity index (χ4v) is 1.30. The van der Waals surface area contributed by atoms with E-state index < -0.39 is 6.03 Å². The van der Waals surface area contributed by atoms with Gasteiger partial charge in [0.15, 0.2) is 0 Å². The number of amides is 2. The van der Waals surface area contributed by atoms with E-state index in [1.807, 2.05) is 0 Å². The molecule has 0 aliphatic rings. The zero-order chi connectivity index (χ0) is 11.4. The summed E-state index contributed by atoms with van der Waals surface area (Å²) in [4.78, 5) is 10.4. The van der Waals surface area contributed by atoms with E-state index >= 15 is 0 Å². The first-order valence-corrected chi connectivity index (χ1v) is 5.03. The average Bonchev–Trinajstić information content (AvgIpc) is 2.10. The zero-order valence-corrected chi connectivity index (χ0v) is 9.82. The van der Waals surface area contributed by atoms with E-state index in [0.29, 0.717) is 10.7 Å². The van der Waals surface area contributed by atoms with E-state index in [2.05, 4.69) is 26.6 Å². The molecule has 2 amide bonds. The second-order valence-electron chi connectivity index (χ2n) is 2.62. The Bertz CT molecular complexity index is 410. The van der Waals surface area contributed by atoms with Gasteiger partial charge >= 0.3 is 6.03 Å². The molecule has 0 unspecified atom stereocenters. The highest BCUT2D eigenvalue weighted by molar-refractivity contribution is 9.10. The van der Waals surface area contributed by atoms with Crippen molar-refractivity contribution >= 4 is 45.2 Å². The maximum absolute atomic E-state index is 10.4. The van der Waals surface area contributed by atoms with E-state index in [1.54, 1.807) is 18.2 Å². The van der Waals surface area contributed by atoms with Crippen molar-refractivity contribution in [2.24, 2.45) is 5.73 Å². The van der Waals surface area contributed by atoms with Gasteiger partial charge in [-0.25, -0.2) is 4.79 Å². The summed E-state index contributed by atoms with van der Waals surface area (Å²) in [6, 6.07) is 4.24. The molecule has 1 aromatic carbocycles. The first-order chi connectivity index (χ1) is 6.99. The summed E-state index contributed by atoms with van der Waals surface area (Å²) in [5, 5.41) is 12.5. The van der Waals surface area contributed by atoms with Crippen LogP contribution in [0.1, 0.15) is 0 Å².